The SMILES string of the molecule is C/C(=N\NC(=O)COc1ccc(C)cc1C)C(c1ccccc1)c1ccccc1. The maximum atomic E-state index is 12.3. The summed E-state index contributed by atoms with van der Waals surface area (Å²) in [6.45, 7) is 5.83. The molecule has 0 radical (unpaired) electrons. The third-order valence-corrected chi connectivity index (χ3v) is 4.73. The molecule has 0 spiro atoms. The Labute approximate surface area is 172 Å². The zero-order chi connectivity index (χ0) is 20.6. The maximum Gasteiger partial charge on any atom is 0.277 e. The second kappa shape index (κ2) is 9.69. The van der Waals surface area contributed by atoms with Crippen LogP contribution in [0.25, 0.3) is 0 Å². The lowest BCUT2D eigenvalue weighted by Gasteiger charge is -2.18. The number of benzene rings is 3. The van der Waals surface area contributed by atoms with E-state index in [1.165, 1.54) is 0 Å². The van der Waals surface area contributed by atoms with Gasteiger partial charge < -0.3 is 4.74 Å². The summed E-state index contributed by atoms with van der Waals surface area (Å²) in [5, 5.41) is 4.36. The molecular formula is C25H26N2O2. The molecule has 0 atom stereocenters. The summed E-state index contributed by atoms with van der Waals surface area (Å²) in [4.78, 5) is 12.3. The van der Waals surface area contributed by atoms with Crippen LogP contribution in [-0.2, 0) is 4.79 Å². The molecule has 3 rings (SSSR count). The predicted molar refractivity (Wildman–Crippen MR) is 117 cm³/mol. The van der Waals surface area contributed by atoms with Gasteiger partial charge in [-0.3, -0.25) is 4.79 Å². The highest BCUT2D eigenvalue weighted by molar-refractivity contribution is 5.93. The molecule has 0 heterocycles. The number of carbonyl (C=O) groups excluding carboxylic acids is 1. The minimum atomic E-state index is -0.288. The highest BCUT2D eigenvalue weighted by atomic mass is 16.5. The van der Waals surface area contributed by atoms with E-state index in [1.54, 1.807) is 0 Å². The summed E-state index contributed by atoms with van der Waals surface area (Å²) in [7, 11) is 0. The van der Waals surface area contributed by atoms with Crippen molar-refractivity contribution in [3.8, 4) is 5.75 Å². The Bertz CT molecular complexity index is 943. The minimum Gasteiger partial charge on any atom is -0.483 e. The lowest BCUT2D eigenvalue weighted by atomic mass is 9.88. The van der Waals surface area contributed by atoms with Gasteiger partial charge in [0.05, 0.1) is 0 Å². The number of rotatable bonds is 7. The first-order valence-corrected chi connectivity index (χ1v) is 9.67. The largest absolute Gasteiger partial charge is 0.483 e. The first kappa shape index (κ1) is 20.3. The summed E-state index contributed by atoms with van der Waals surface area (Å²) < 4.78 is 5.63. The number of hydrogen-bond acceptors (Lipinski definition) is 3. The Morgan fingerprint density at radius 1 is 0.931 bits per heavy atom. The van der Waals surface area contributed by atoms with Gasteiger partial charge in [-0.2, -0.15) is 5.10 Å². The second-order valence-corrected chi connectivity index (χ2v) is 7.10. The molecule has 0 aromatic heterocycles. The Morgan fingerprint density at radius 3 is 2.07 bits per heavy atom. The molecule has 148 valence electrons. The van der Waals surface area contributed by atoms with Gasteiger partial charge in [-0.25, -0.2) is 5.43 Å². The Hall–Kier alpha value is -3.40. The third kappa shape index (κ3) is 5.55. The van der Waals surface area contributed by atoms with Crippen LogP contribution in [-0.4, -0.2) is 18.2 Å². The highest BCUT2D eigenvalue weighted by Crippen LogP contribution is 2.26. The number of carbonyl (C=O) groups is 1. The number of aryl methyl sites for hydroxylation is 2. The van der Waals surface area contributed by atoms with Gasteiger partial charge in [0.15, 0.2) is 6.61 Å². The summed E-state index contributed by atoms with van der Waals surface area (Å²) in [5.41, 5.74) is 7.85. The van der Waals surface area contributed by atoms with Crippen LogP contribution in [0.2, 0.25) is 0 Å². The smallest absolute Gasteiger partial charge is 0.277 e. The molecule has 4 nitrogen and oxygen atoms in total. The number of hydrazone groups is 1. The fraction of sp³-hybridized carbons (Fsp3) is 0.200. The molecule has 0 aliphatic rings. The molecule has 29 heavy (non-hydrogen) atoms. The number of amides is 1. The summed E-state index contributed by atoms with van der Waals surface area (Å²) >= 11 is 0. The van der Waals surface area contributed by atoms with Crippen LogP contribution in [0.1, 0.15) is 35.1 Å². The highest BCUT2D eigenvalue weighted by Gasteiger charge is 2.17. The van der Waals surface area contributed by atoms with Gasteiger partial charge in [0.25, 0.3) is 5.91 Å². The molecule has 0 saturated carbocycles. The van der Waals surface area contributed by atoms with E-state index in [1.807, 2.05) is 75.4 Å². The van der Waals surface area contributed by atoms with Crippen molar-refractivity contribution in [1.29, 1.82) is 0 Å². The first-order chi connectivity index (χ1) is 14.0. The molecule has 3 aromatic rings. The van der Waals surface area contributed by atoms with Crippen molar-refractivity contribution in [2.75, 3.05) is 6.61 Å². The molecular weight excluding hydrogens is 360 g/mol. The van der Waals surface area contributed by atoms with E-state index in [-0.39, 0.29) is 18.4 Å². The van der Waals surface area contributed by atoms with Gasteiger partial charge in [-0.1, -0.05) is 78.4 Å². The topological polar surface area (TPSA) is 50.7 Å². The molecule has 1 N–H and O–H groups in total. The molecule has 4 heteroatoms. The molecule has 0 saturated heterocycles. The number of nitrogens with one attached hydrogen (secondary N) is 1. The van der Waals surface area contributed by atoms with Crippen LogP contribution >= 0.6 is 0 Å². The van der Waals surface area contributed by atoms with E-state index < -0.39 is 0 Å². The van der Waals surface area contributed by atoms with Gasteiger partial charge in [-0.15, -0.1) is 0 Å². The van der Waals surface area contributed by atoms with Crippen LogP contribution in [0.4, 0.5) is 0 Å². The van der Waals surface area contributed by atoms with E-state index in [4.69, 9.17) is 4.74 Å². The number of hydrogen-bond donors (Lipinski definition) is 1. The van der Waals surface area contributed by atoms with Crippen molar-refractivity contribution < 1.29 is 9.53 Å². The van der Waals surface area contributed by atoms with Gasteiger partial charge in [0, 0.05) is 11.6 Å². The summed E-state index contributed by atoms with van der Waals surface area (Å²) in [6, 6.07) is 26.2. The summed E-state index contributed by atoms with van der Waals surface area (Å²) in [5.74, 6) is 0.389. The molecule has 3 aromatic carbocycles. The Morgan fingerprint density at radius 2 is 1.52 bits per heavy atom. The van der Waals surface area contributed by atoms with Crippen LogP contribution in [0.3, 0.4) is 0 Å². The van der Waals surface area contributed by atoms with Crippen LogP contribution in [0.15, 0.2) is 84.0 Å². The van der Waals surface area contributed by atoms with Crippen molar-refractivity contribution in [3.05, 3.63) is 101 Å². The van der Waals surface area contributed by atoms with Crippen LogP contribution in [0, 0.1) is 13.8 Å². The van der Waals surface area contributed by atoms with E-state index in [9.17, 15) is 4.79 Å². The zero-order valence-electron chi connectivity index (χ0n) is 17.1. The van der Waals surface area contributed by atoms with E-state index in [0.29, 0.717) is 5.75 Å². The van der Waals surface area contributed by atoms with Crippen LogP contribution < -0.4 is 10.2 Å². The minimum absolute atomic E-state index is 0.0297. The summed E-state index contributed by atoms with van der Waals surface area (Å²) in [6.07, 6.45) is 0. The van der Waals surface area contributed by atoms with Crippen LogP contribution in [0.5, 0.6) is 5.75 Å². The van der Waals surface area contributed by atoms with Gasteiger partial charge in [0.2, 0.25) is 0 Å². The van der Waals surface area contributed by atoms with E-state index in [0.717, 1.165) is 28.0 Å². The number of nitrogens with zero attached hydrogens (tertiary/aromatic N) is 1. The quantitative estimate of drug-likeness (QED) is 0.458. The predicted octanol–water partition coefficient (Wildman–Crippen LogP) is 5.01. The molecule has 0 unspecified atom stereocenters. The van der Waals surface area contributed by atoms with Crippen molar-refractivity contribution in [2.45, 2.75) is 26.7 Å². The maximum absolute atomic E-state index is 12.3. The van der Waals surface area contributed by atoms with Crippen molar-refractivity contribution in [2.24, 2.45) is 5.10 Å². The normalized spacial score (nSPS) is 11.4. The average Bonchev–Trinajstić information content (AvgIpc) is 2.73. The molecule has 0 bridgehead atoms. The Balaban J connectivity index is 1.69. The number of ether oxygens (including phenoxy) is 1. The van der Waals surface area contributed by atoms with Gasteiger partial charge in [-0.05, 0) is 43.5 Å². The van der Waals surface area contributed by atoms with Crippen molar-refractivity contribution in [1.82, 2.24) is 5.43 Å². The molecule has 0 fully saturated rings. The monoisotopic (exact) mass is 386 g/mol. The standard InChI is InChI=1S/C25H26N2O2/c1-18-14-15-23(19(2)16-18)29-17-24(28)27-26-20(3)25(21-10-6-4-7-11-21)22-12-8-5-9-13-22/h4-16,25H,17H2,1-3H3,(H,27,28)/b26-20+. The lowest BCUT2D eigenvalue weighted by molar-refractivity contribution is -0.123. The molecule has 0 aliphatic carbocycles. The van der Waals surface area contributed by atoms with Crippen molar-refractivity contribution >= 4 is 11.6 Å². The Kier molecular flexibility index (Phi) is 6.80. The molecule has 0 aliphatic heterocycles. The third-order valence-electron chi connectivity index (χ3n) is 4.73. The fourth-order valence-electron chi connectivity index (χ4n) is 3.32. The van der Waals surface area contributed by atoms with Gasteiger partial charge in [0.1, 0.15) is 5.75 Å². The van der Waals surface area contributed by atoms with Gasteiger partial charge >= 0.3 is 0 Å². The average molecular weight is 386 g/mol. The zero-order valence-corrected chi connectivity index (χ0v) is 17.1. The molecule has 1 amide bonds. The fourth-order valence-corrected chi connectivity index (χ4v) is 3.32. The second-order valence-electron chi connectivity index (χ2n) is 7.10. The first-order valence-electron chi connectivity index (χ1n) is 9.67. The lowest BCUT2D eigenvalue weighted by Crippen LogP contribution is -2.27. The van der Waals surface area contributed by atoms with Crippen molar-refractivity contribution in [3.63, 3.8) is 0 Å². The van der Waals surface area contributed by atoms with E-state index in [2.05, 4.69) is 34.8 Å². The van der Waals surface area contributed by atoms with E-state index >= 15 is 0 Å².